The molecule has 0 saturated carbocycles. The highest BCUT2D eigenvalue weighted by molar-refractivity contribution is 5.03. The number of imidazole rings is 1. The Morgan fingerprint density at radius 3 is 2.92 bits per heavy atom. The molecule has 70 valence electrons. The highest BCUT2D eigenvalue weighted by Gasteiger charge is 2.22. The van der Waals surface area contributed by atoms with Gasteiger partial charge >= 0.3 is 0 Å². The van der Waals surface area contributed by atoms with E-state index in [9.17, 15) is 0 Å². The first kappa shape index (κ1) is 9.75. The third-order valence-corrected chi connectivity index (χ3v) is 1.87. The van der Waals surface area contributed by atoms with Gasteiger partial charge in [0, 0.05) is 12.4 Å². The molecule has 0 aliphatic rings. The van der Waals surface area contributed by atoms with Gasteiger partial charge in [-0.15, -0.1) is 0 Å². The second kappa shape index (κ2) is 4.06. The molecule has 1 rings (SSSR count). The highest BCUT2D eigenvalue weighted by atomic mass is 15.1. The van der Waals surface area contributed by atoms with Crippen LogP contribution in [0.25, 0.3) is 0 Å². The molecule has 1 N–H and O–H groups in total. The maximum Gasteiger partial charge on any atom is 0.121 e. The molecule has 0 aliphatic carbocycles. The first-order valence-corrected chi connectivity index (χ1v) is 4.32. The Labute approximate surface area is 78.2 Å². The summed E-state index contributed by atoms with van der Waals surface area (Å²) in [5.41, 5.74) is -0.505. The van der Waals surface area contributed by atoms with Gasteiger partial charge in [-0.05, 0) is 13.5 Å². The maximum atomic E-state index is 8.97. The summed E-state index contributed by atoms with van der Waals surface area (Å²) in [5, 5.41) is 12.1. The van der Waals surface area contributed by atoms with Crippen molar-refractivity contribution in [3.63, 3.8) is 0 Å². The molecule has 1 aromatic heterocycles. The second-order valence-electron chi connectivity index (χ2n) is 3.21. The summed E-state index contributed by atoms with van der Waals surface area (Å²) in [6, 6.07) is 2.26. The summed E-state index contributed by atoms with van der Waals surface area (Å²) in [4.78, 5) is 3.93. The van der Waals surface area contributed by atoms with E-state index in [0.29, 0.717) is 6.54 Å². The first-order valence-electron chi connectivity index (χ1n) is 4.32. The van der Waals surface area contributed by atoms with Crippen LogP contribution in [0.1, 0.15) is 13.8 Å². The van der Waals surface area contributed by atoms with E-state index in [1.165, 1.54) is 0 Å². The van der Waals surface area contributed by atoms with Gasteiger partial charge in [-0.3, -0.25) is 5.32 Å². The van der Waals surface area contributed by atoms with Gasteiger partial charge < -0.3 is 4.57 Å². The number of aromatic nitrogens is 2. The molecular formula is C9H14N4. The zero-order valence-corrected chi connectivity index (χ0v) is 7.99. The lowest BCUT2D eigenvalue weighted by Gasteiger charge is -2.22. The molecule has 4 heteroatoms. The lowest BCUT2D eigenvalue weighted by atomic mass is 10.1. The van der Waals surface area contributed by atoms with E-state index in [-0.39, 0.29) is 0 Å². The summed E-state index contributed by atoms with van der Waals surface area (Å²) >= 11 is 0. The lowest BCUT2D eigenvalue weighted by Crippen LogP contribution is -2.44. The van der Waals surface area contributed by atoms with Crippen LogP contribution in [0.5, 0.6) is 0 Å². The minimum atomic E-state index is -0.505. The quantitative estimate of drug-likeness (QED) is 0.741. The molecule has 0 aromatic carbocycles. The Hall–Kier alpha value is -1.34. The normalized spacial score (nSPS) is 14.8. The minimum Gasteiger partial charge on any atom is -0.335 e. The summed E-state index contributed by atoms with van der Waals surface area (Å²) in [7, 11) is 0. The van der Waals surface area contributed by atoms with Crippen molar-refractivity contribution < 1.29 is 0 Å². The van der Waals surface area contributed by atoms with E-state index in [1.807, 2.05) is 24.6 Å². The van der Waals surface area contributed by atoms with Crippen molar-refractivity contribution in [3.8, 4) is 6.07 Å². The smallest absolute Gasteiger partial charge is 0.121 e. The van der Waals surface area contributed by atoms with E-state index in [1.54, 1.807) is 12.5 Å². The van der Waals surface area contributed by atoms with Crippen molar-refractivity contribution in [1.29, 1.82) is 5.26 Å². The number of nitrogens with zero attached hydrogens (tertiary/aromatic N) is 3. The third-order valence-electron chi connectivity index (χ3n) is 1.87. The summed E-state index contributed by atoms with van der Waals surface area (Å²) in [5.74, 6) is 0. The van der Waals surface area contributed by atoms with E-state index in [2.05, 4.69) is 16.4 Å². The number of hydrogen-bond donors (Lipinski definition) is 1. The molecule has 1 unspecified atom stereocenters. The van der Waals surface area contributed by atoms with Gasteiger partial charge in [-0.1, -0.05) is 6.92 Å². The molecule has 0 spiro atoms. The molecule has 0 radical (unpaired) electrons. The largest absolute Gasteiger partial charge is 0.335 e. The van der Waals surface area contributed by atoms with E-state index in [4.69, 9.17) is 5.26 Å². The van der Waals surface area contributed by atoms with Crippen molar-refractivity contribution in [2.45, 2.75) is 25.9 Å². The SMILES string of the molecule is CCNC(C)(C#N)Cn1ccnc1. The van der Waals surface area contributed by atoms with Crippen LogP contribution in [0.3, 0.4) is 0 Å². The van der Waals surface area contributed by atoms with Crippen LogP contribution in [-0.4, -0.2) is 21.6 Å². The average Bonchev–Trinajstić information content (AvgIpc) is 2.57. The second-order valence-corrected chi connectivity index (χ2v) is 3.21. The van der Waals surface area contributed by atoms with Crippen molar-refractivity contribution in [2.75, 3.05) is 6.54 Å². The van der Waals surface area contributed by atoms with Gasteiger partial charge in [0.1, 0.15) is 5.54 Å². The number of nitrogens with one attached hydrogen (secondary N) is 1. The molecule has 13 heavy (non-hydrogen) atoms. The van der Waals surface area contributed by atoms with E-state index < -0.39 is 5.54 Å². The first-order chi connectivity index (χ1) is 6.20. The zero-order valence-electron chi connectivity index (χ0n) is 7.99. The fourth-order valence-corrected chi connectivity index (χ4v) is 1.27. The lowest BCUT2D eigenvalue weighted by molar-refractivity contribution is 0.397. The standard InChI is InChI=1S/C9H14N4/c1-3-12-9(2,6-10)7-13-5-4-11-8-13/h4-5,8,12H,3,7H2,1-2H3. The van der Waals surface area contributed by atoms with Crippen LogP contribution in [0.2, 0.25) is 0 Å². The van der Waals surface area contributed by atoms with Gasteiger partial charge in [-0.25, -0.2) is 4.98 Å². The van der Waals surface area contributed by atoms with Crippen molar-refractivity contribution >= 4 is 0 Å². The maximum absolute atomic E-state index is 8.97. The molecule has 0 saturated heterocycles. The van der Waals surface area contributed by atoms with Crippen LogP contribution < -0.4 is 5.32 Å². The highest BCUT2D eigenvalue weighted by Crippen LogP contribution is 2.05. The van der Waals surface area contributed by atoms with Crippen LogP contribution in [0.4, 0.5) is 0 Å². The van der Waals surface area contributed by atoms with Gasteiger partial charge in [0.25, 0.3) is 0 Å². The molecule has 0 amide bonds. The Balaban J connectivity index is 2.65. The molecule has 1 atom stereocenters. The van der Waals surface area contributed by atoms with Crippen LogP contribution >= 0.6 is 0 Å². The predicted octanol–water partition coefficient (Wildman–Crippen LogP) is 0.775. The van der Waals surface area contributed by atoms with Crippen molar-refractivity contribution in [2.24, 2.45) is 0 Å². The summed E-state index contributed by atoms with van der Waals surface area (Å²) in [6.45, 7) is 5.29. The molecule has 1 heterocycles. The van der Waals surface area contributed by atoms with Gasteiger partial charge in [0.2, 0.25) is 0 Å². The summed E-state index contributed by atoms with van der Waals surface area (Å²) in [6.07, 6.45) is 5.28. The van der Waals surface area contributed by atoms with Crippen LogP contribution in [0, 0.1) is 11.3 Å². The topological polar surface area (TPSA) is 53.6 Å². The molecular weight excluding hydrogens is 164 g/mol. The Morgan fingerprint density at radius 1 is 1.69 bits per heavy atom. The molecule has 0 aliphatic heterocycles. The third kappa shape index (κ3) is 2.56. The number of nitriles is 1. The fourth-order valence-electron chi connectivity index (χ4n) is 1.27. The Morgan fingerprint density at radius 2 is 2.46 bits per heavy atom. The van der Waals surface area contributed by atoms with E-state index in [0.717, 1.165) is 6.54 Å². The van der Waals surface area contributed by atoms with Gasteiger partial charge in [0.05, 0.1) is 18.9 Å². The number of rotatable bonds is 4. The molecule has 1 aromatic rings. The monoisotopic (exact) mass is 178 g/mol. The van der Waals surface area contributed by atoms with Gasteiger partial charge in [-0.2, -0.15) is 5.26 Å². The Bertz CT molecular complexity index is 285. The van der Waals surface area contributed by atoms with Crippen LogP contribution in [0.15, 0.2) is 18.7 Å². The van der Waals surface area contributed by atoms with Gasteiger partial charge in [0.15, 0.2) is 0 Å². The minimum absolute atomic E-state index is 0.505. The van der Waals surface area contributed by atoms with Crippen molar-refractivity contribution in [3.05, 3.63) is 18.7 Å². The zero-order chi connectivity index (χ0) is 9.73. The molecule has 0 fully saturated rings. The van der Waals surface area contributed by atoms with E-state index >= 15 is 0 Å². The number of likely N-dealkylation sites (N-methyl/N-ethyl adjacent to an activating group) is 1. The summed E-state index contributed by atoms with van der Waals surface area (Å²) < 4.78 is 1.89. The molecule has 0 bridgehead atoms. The van der Waals surface area contributed by atoms with Crippen LogP contribution in [-0.2, 0) is 6.54 Å². The number of hydrogen-bond acceptors (Lipinski definition) is 3. The molecule has 4 nitrogen and oxygen atoms in total. The average molecular weight is 178 g/mol. The Kier molecular flexibility index (Phi) is 3.04. The predicted molar refractivity (Wildman–Crippen MR) is 49.9 cm³/mol. The fraction of sp³-hybridized carbons (Fsp3) is 0.556. The van der Waals surface area contributed by atoms with Crippen molar-refractivity contribution in [1.82, 2.24) is 14.9 Å².